The molecule has 8 nitrogen and oxygen atoms in total. The summed E-state index contributed by atoms with van der Waals surface area (Å²) in [6.45, 7) is 0. The molecule has 0 aromatic rings. The van der Waals surface area contributed by atoms with Crippen LogP contribution in [0.1, 0.15) is 0 Å². The molecule has 2 N–H and O–H groups in total. The highest BCUT2D eigenvalue weighted by atomic mass is 16.4. The Bertz CT molecular complexity index is 403. The third-order valence-corrected chi connectivity index (χ3v) is 2.47. The second-order valence-corrected chi connectivity index (χ2v) is 3.20. The molecule has 2 rings (SSSR count). The number of aliphatic imine (C=N–C) groups is 1. The van der Waals surface area contributed by atoms with Gasteiger partial charge in [0.2, 0.25) is 0 Å². The zero-order valence-corrected chi connectivity index (χ0v) is 8.13. The molecule has 8 heteroatoms. The minimum Gasteiger partial charge on any atom is -0.478 e. The first kappa shape index (κ1) is 9.44. The lowest BCUT2D eigenvalue weighted by Gasteiger charge is -2.27. The molecule has 80 valence electrons. The SMILES string of the molecule is CN1C(=O)N(C)[C@@]2(C(=O)O)N=CNN=C12. The fraction of sp³-hybridized carbons (Fsp3) is 0.429. The lowest BCUT2D eigenvalue weighted by molar-refractivity contribution is -0.144. The number of nitrogens with one attached hydrogen (secondary N) is 1. The van der Waals surface area contributed by atoms with Crippen LogP contribution in [0.3, 0.4) is 0 Å². The number of amides is 2. The Kier molecular flexibility index (Phi) is 1.69. The van der Waals surface area contributed by atoms with Gasteiger partial charge in [0.15, 0.2) is 5.84 Å². The van der Waals surface area contributed by atoms with Gasteiger partial charge in [-0.05, 0) is 0 Å². The standard InChI is InChI=1S/C7H9N5O3/c1-11-4-7(5(13)14,8-3-9-10-4)12(2)6(11)15/h3H,1-2H3,(H,8,9)(H,13,14)/t7-/m0/s1. The molecule has 2 heterocycles. The molecule has 0 saturated carbocycles. The predicted octanol–water partition coefficient (Wildman–Crippen LogP) is -1.29. The molecular weight excluding hydrogens is 202 g/mol. The van der Waals surface area contributed by atoms with Gasteiger partial charge in [-0.25, -0.2) is 14.6 Å². The van der Waals surface area contributed by atoms with Crippen LogP contribution in [0.5, 0.6) is 0 Å². The summed E-state index contributed by atoms with van der Waals surface area (Å²) in [5.41, 5.74) is 0.695. The maximum atomic E-state index is 11.6. The maximum Gasteiger partial charge on any atom is 0.361 e. The fourth-order valence-electron chi connectivity index (χ4n) is 1.64. The number of hydrogen-bond donors (Lipinski definition) is 2. The largest absolute Gasteiger partial charge is 0.478 e. The quantitative estimate of drug-likeness (QED) is 0.563. The normalized spacial score (nSPS) is 28.7. The van der Waals surface area contributed by atoms with Crippen molar-refractivity contribution in [2.24, 2.45) is 10.1 Å². The number of rotatable bonds is 1. The number of hydrazone groups is 1. The molecule has 0 bridgehead atoms. The minimum atomic E-state index is -1.73. The third kappa shape index (κ3) is 0.901. The molecule has 1 atom stereocenters. The summed E-state index contributed by atoms with van der Waals surface area (Å²) in [6.07, 6.45) is 1.15. The number of likely N-dealkylation sites (N-methyl/N-ethyl adjacent to an activating group) is 2. The van der Waals surface area contributed by atoms with Gasteiger partial charge in [0, 0.05) is 14.1 Å². The van der Waals surface area contributed by atoms with Crippen molar-refractivity contribution in [3.63, 3.8) is 0 Å². The number of urea groups is 1. The zero-order valence-electron chi connectivity index (χ0n) is 8.13. The molecule has 0 aromatic carbocycles. The fourth-order valence-corrected chi connectivity index (χ4v) is 1.64. The first-order valence-corrected chi connectivity index (χ1v) is 4.14. The van der Waals surface area contributed by atoms with Gasteiger partial charge in [0.1, 0.15) is 6.34 Å². The number of nitrogens with zero attached hydrogens (tertiary/aromatic N) is 4. The van der Waals surface area contributed by atoms with Gasteiger partial charge in [-0.2, -0.15) is 5.10 Å². The highest BCUT2D eigenvalue weighted by molar-refractivity contribution is 6.21. The van der Waals surface area contributed by atoms with Crippen LogP contribution in [0.15, 0.2) is 10.1 Å². The van der Waals surface area contributed by atoms with E-state index in [4.69, 9.17) is 5.11 Å². The van der Waals surface area contributed by atoms with Crippen molar-refractivity contribution in [1.29, 1.82) is 0 Å². The molecule has 15 heavy (non-hydrogen) atoms. The van der Waals surface area contributed by atoms with Crippen LogP contribution in [0.4, 0.5) is 4.79 Å². The molecular formula is C7H9N5O3. The first-order chi connectivity index (χ1) is 7.01. The van der Waals surface area contributed by atoms with Gasteiger partial charge in [-0.15, -0.1) is 0 Å². The molecule has 1 fully saturated rings. The van der Waals surface area contributed by atoms with Crippen molar-refractivity contribution >= 4 is 24.2 Å². The summed E-state index contributed by atoms with van der Waals surface area (Å²) < 4.78 is 0. The van der Waals surface area contributed by atoms with E-state index in [1.54, 1.807) is 0 Å². The van der Waals surface area contributed by atoms with Crippen LogP contribution in [0.2, 0.25) is 0 Å². The van der Waals surface area contributed by atoms with Crippen LogP contribution in [0.25, 0.3) is 0 Å². The molecule has 2 aliphatic rings. The Labute approximate surface area is 84.9 Å². The van der Waals surface area contributed by atoms with Crippen LogP contribution in [0, 0.1) is 0 Å². The Morgan fingerprint density at radius 3 is 2.80 bits per heavy atom. The number of carbonyl (C=O) groups is 2. The van der Waals surface area contributed by atoms with E-state index in [1.165, 1.54) is 14.1 Å². The van der Waals surface area contributed by atoms with E-state index < -0.39 is 17.7 Å². The zero-order chi connectivity index (χ0) is 11.2. The van der Waals surface area contributed by atoms with E-state index in [1.807, 2.05) is 0 Å². The highest BCUT2D eigenvalue weighted by Crippen LogP contribution is 2.29. The van der Waals surface area contributed by atoms with Crippen molar-refractivity contribution in [2.45, 2.75) is 5.66 Å². The summed E-state index contributed by atoms with van der Waals surface area (Å²) in [4.78, 5) is 28.8. The average Bonchev–Trinajstić information content (AvgIpc) is 2.43. The minimum absolute atomic E-state index is 0.0602. The number of aliphatic carboxylic acids is 1. The Hall–Kier alpha value is -2.12. The molecule has 0 spiro atoms. The number of amidine groups is 1. The smallest absolute Gasteiger partial charge is 0.361 e. The molecule has 2 amide bonds. The lowest BCUT2D eigenvalue weighted by Crippen LogP contribution is -2.55. The summed E-state index contributed by atoms with van der Waals surface area (Å²) >= 11 is 0. The second kappa shape index (κ2) is 2.69. The summed E-state index contributed by atoms with van der Waals surface area (Å²) in [6, 6.07) is -0.461. The number of carbonyl (C=O) groups excluding carboxylic acids is 1. The monoisotopic (exact) mass is 211 g/mol. The van der Waals surface area contributed by atoms with Gasteiger partial charge in [0.25, 0.3) is 5.66 Å². The van der Waals surface area contributed by atoms with Crippen molar-refractivity contribution in [3.8, 4) is 0 Å². The maximum absolute atomic E-state index is 11.6. The third-order valence-electron chi connectivity index (χ3n) is 2.47. The predicted molar refractivity (Wildman–Crippen MR) is 50.4 cm³/mol. The van der Waals surface area contributed by atoms with E-state index in [-0.39, 0.29) is 5.84 Å². The number of hydrogen-bond acceptors (Lipinski definition) is 5. The van der Waals surface area contributed by atoms with Gasteiger partial charge in [-0.3, -0.25) is 15.2 Å². The van der Waals surface area contributed by atoms with Crippen LogP contribution in [-0.2, 0) is 4.79 Å². The van der Waals surface area contributed by atoms with E-state index in [9.17, 15) is 9.59 Å². The van der Waals surface area contributed by atoms with Crippen LogP contribution in [-0.4, -0.2) is 58.8 Å². The summed E-state index contributed by atoms with van der Waals surface area (Å²) in [5, 5.41) is 12.9. The van der Waals surface area contributed by atoms with E-state index in [0.717, 1.165) is 16.1 Å². The van der Waals surface area contributed by atoms with Crippen molar-refractivity contribution in [1.82, 2.24) is 15.2 Å². The van der Waals surface area contributed by atoms with Crippen molar-refractivity contribution in [3.05, 3.63) is 0 Å². The first-order valence-electron chi connectivity index (χ1n) is 4.14. The topological polar surface area (TPSA) is 97.6 Å². The number of carboxylic acid groups (broad SMARTS) is 1. The van der Waals surface area contributed by atoms with Gasteiger partial charge in [0.05, 0.1) is 0 Å². The Balaban J connectivity index is 2.61. The molecule has 0 aliphatic carbocycles. The number of fused-ring (bicyclic) bond motifs is 1. The van der Waals surface area contributed by atoms with Crippen LogP contribution >= 0.6 is 0 Å². The van der Waals surface area contributed by atoms with Crippen molar-refractivity contribution in [2.75, 3.05) is 14.1 Å². The van der Waals surface area contributed by atoms with Gasteiger partial charge < -0.3 is 5.11 Å². The average molecular weight is 211 g/mol. The highest BCUT2D eigenvalue weighted by Gasteiger charge is 2.59. The van der Waals surface area contributed by atoms with E-state index >= 15 is 0 Å². The lowest BCUT2D eigenvalue weighted by atomic mass is 10.1. The van der Waals surface area contributed by atoms with Gasteiger partial charge >= 0.3 is 12.0 Å². The summed E-state index contributed by atoms with van der Waals surface area (Å²) in [7, 11) is 2.82. The van der Waals surface area contributed by atoms with E-state index in [0.29, 0.717) is 0 Å². The van der Waals surface area contributed by atoms with Crippen LogP contribution < -0.4 is 5.43 Å². The Morgan fingerprint density at radius 1 is 1.60 bits per heavy atom. The Morgan fingerprint density at radius 2 is 2.27 bits per heavy atom. The number of carboxylic acids is 1. The second-order valence-electron chi connectivity index (χ2n) is 3.20. The molecule has 0 radical (unpaired) electrons. The van der Waals surface area contributed by atoms with E-state index in [2.05, 4.69) is 15.5 Å². The molecule has 2 aliphatic heterocycles. The molecule has 0 unspecified atom stereocenters. The molecule has 0 aromatic heterocycles. The van der Waals surface area contributed by atoms with Gasteiger partial charge in [-0.1, -0.05) is 0 Å². The van der Waals surface area contributed by atoms with Crippen molar-refractivity contribution < 1.29 is 14.7 Å². The summed E-state index contributed by atoms with van der Waals surface area (Å²) in [5.74, 6) is -1.18. The molecule has 1 saturated heterocycles.